The smallest absolute Gasteiger partial charge is 0.336 e. The average Bonchev–Trinajstić information content (AvgIpc) is 2.97. The van der Waals surface area contributed by atoms with Crippen molar-refractivity contribution in [2.24, 2.45) is 0 Å². The lowest BCUT2D eigenvalue weighted by Crippen LogP contribution is -2.12. The second-order valence-corrected chi connectivity index (χ2v) is 6.33. The van der Waals surface area contributed by atoms with Crippen LogP contribution in [0.15, 0.2) is 56.1 Å². The van der Waals surface area contributed by atoms with Crippen LogP contribution in [0, 0.1) is 13.8 Å². The van der Waals surface area contributed by atoms with Gasteiger partial charge in [0.25, 0.3) is 5.91 Å². The molecule has 0 unspecified atom stereocenters. The van der Waals surface area contributed by atoms with Crippen LogP contribution in [0.3, 0.4) is 0 Å². The van der Waals surface area contributed by atoms with E-state index in [1.165, 1.54) is 6.07 Å². The maximum absolute atomic E-state index is 12.7. The highest BCUT2D eigenvalue weighted by molar-refractivity contribution is 6.07. The number of furan rings is 1. The normalized spacial score (nSPS) is 11.1. The predicted octanol–water partition coefficient (Wildman–Crippen LogP) is 4.42. The number of amides is 1. The molecule has 0 atom stereocenters. The highest BCUT2D eigenvalue weighted by Gasteiger charge is 2.18. The van der Waals surface area contributed by atoms with E-state index in [9.17, 15) is 9.59 Å². The number of anilines is 1. The molecule has 2 aromatic heterocycles. The summed E-state index contributed by atoms with van der Waals surface area (Å²) in [6, 6.07) is 12.0. The zero-order chi connectivity index (χ0) is 19.1. The van der Waals surface area contributed by atoms with Crippen LogP contribution in [0.2, 0.25) is 0 Å². The quantitative estimate of drug-likeness (QED) is 0.545. The standard InChI is InChI=1S/C21H17NO5/c1-11-8-19(23)26-18-9-13(4-6-15(11)18)22-21(24)20-12(2)16-10-14(25-3)5-7-17(16)27-20/h4-10H,1-3H3,(H,22,24). The minimum atomic E-state index is -0.425. The summed E-state index contributed by atoms with van der Waals surface area (Å²) >= 11 is 0. The van der Waals surface area contributed by atoms with Gasteiger partial charge >= 0.3 is 5.63 Å². The Kier molecular flexibility index (Phi) is 3.96. The van der Waals surface area contributed by atoms with Gasteiger partial charge in [0.2, 0.25) is 0 Å². The van der Waals surface area contributed by atoms with E-state index in [-0.39, 0.29) is 11.7 Å². The molecule has 0 fully saturated rings. The Morgan fingerprint density at radius 3 is 2.56 bits per heavy atom. The van der Waals surface area contributed by atoms with Crippen molar-refractivity contribution in [3.05, 3.63) is 69.8 Å². The van der Waals surface area contributed by atoms with Gasteiger partial charge in [0.05, 0.1) is 7.11 Å². The number of methoxy groups -OCH3 is 1. The number of fused-ring (bicyclic) bond motifs is 2. The van der Waals surface area contributed by atoms with Gasteiger partial charge in [-0.05, 0) is 49.7 Å². The summed E-state index contributed by atoms with van der Waals surface area (Å²) in [4.78, 5) is 24.3. The van der Waals surface area contributed by atoms with Crippen LogP contribution in [0.1, 0.15) is 21.7 Å². The molecule has 1 amide bonds. The molecule has 0 bridgehead atoms. The van der Waals surface area contributed by atoms with Crippen molar-refractivity contribution in [3.63, 3.8) is 0 Å². The summed E-state index contributed by atoms with van der Waals surface area (Å²) in [7, 11) is 1.59. The Morgan fingerprint density at radius 1 is 0.963 bits per heavy atom. The average molecular weight is 363 g/mol. The van der Waals surface area contributed by atoms with Crippen molar-refractivity contribution in [3.8, 4) is 5.75 Å². The lowest BCUT2D eigenvalue weighted by molar-refractivity contribution is 0.0998. The van der Waals surface area contributed by atoms with E-state index in [1.807, 2.05) is 19.9 Å². The number of rotatable bonds is 3. The molecule has 0 saturated heterocycles. The second kappa shape index (κ2) is 6.32. The Balaban J connectivity index is 1.70. The van der Waals surface area contributed by atoms with Crippen LogP contribution >= 0.6 is 0 Å². The molecular weight excluding hydrogens is 346 g/mol. The first-order valence-corrected chi connectivity index (χ1v) is 8.39. The molecule has 0 aliphatic rings. The molecular formula is C21H17NO5. The number of hydrogen-bond donors (Lipinski definition) is 1. The Bertz CT molecular complexity index is 1250. The molecule has 0 saturated carbocycles. The van der Waals surface area contributed by atoms with Gasteiger partial charge < -0.3 is 18.9 Å². The van der Waals surface area contributed by atoms with Crippen molar-refractivity contribution < 1.29 is 18.4 Å². The summed E-state index contributed by atoms with van der Waals surface area (Å²) in [6.07, 6.45) is 0. The van der Waals surface area contributed by atoms with Gasteiger partial charge in [-0.2, -0.15) is 0 Å². The third-order valence-corrected chi connectivity index (χ3v) is 4.56. The molecule has 2 heterocycles. The lowest BCUT2D eigenvalue weighted by atomic mass is 10.1. The zero-order valence-corrected chi connectivity index (χ0v) is 15.1. The van der Waals surface area contributed by atoms with Crippen LogP contribution in [-0.4, -0.2) is 13.0 Å². The highest BCUT2D eigenvalue weighted by atomic mass is 16.5. The molecule has 27 heavy (non-hydrogen) atoms. The van der Waals surface area contributed by atoms with Crippen LogP contribution in [-0.2, 0) is 0 Å². The number of ether oxygens (including phenoxy) is 1. The molecule has 0 radical (unpaired) electrons. The Morgan fingerprint density at radius 2 is 1.78 bits per heavy atom. The largest absolute Gasteiger partial charge is 0.497 e. The molecule has 1 N–H and O–H groups in total. The van der Waals surface area contributed by atoms with E-state index in [2.05, 4.69) is 5.32 Å². The highest BCUT2D eigenvalue weighted by Crippen LogP contribution is 2.29. The molecule has 2 aromatic carbocycles. The number of carbonyl (C=O) groups is 1. The van der Waals surface area contributed by atoms with Crippen molar-refractivity contribution in [1.82, 2.24) is 0 Å². The second-order valence-electron chi connectivity index (χ2n) is 6.33. The molecule has 0 aliphatic heterocycles. The van der Waals surface area contributed by atoms with Gasteiger partial charge in [-0.15, -0.1) is 0 Å². The third kappa shape index (κ3) is 2.95. The number of nitrogens with one attached hydrogen (secondary N) is 1. The van der Waals surface area contributed by atoms with Crippen LogP contribution in [0.4, 0.5) is 5.69 Å². The predicted molar refractivity (Wildman–Crippen MR) is 103 cm³/mol. The van der Waals surface area contributed by atoms with E-state index < -0.39 is 5.63 Å². The minimum Gasteiger partial charge on any atom is -0.497 e. The number of benzene rings is 2. The van der Waals surface area contributed by atoms with E-state index in [0.717, 1.165) is 21.9 Å². The maximum atomic E-state index is 12.7. The van der Waals surface area contributed by atoms with Crippen molar-refractivity contribution >= 4 is 33.5 Å². The van der Waals surface area contributed by atoms with Gasteiger partial charge in [0, 0.05) is 34.2 Å². The topological polar surface area (TPSA) is 81.7 Å². The molecule has 6 heteroatoms. The third-order valence-electron chi connectivity index (χ3n) is 4.56. The summed E-state index contributed by atoms with van der Waals surface area (Å²) in [6.45, 7) is 3.66. The summed E-state index contributed by atoms with van der Waals surface area (Å²) in [5, 5.41) is 4.43. The van der Waals surface area contributed by atoms with Gasteiger partial charge in [0.15, 0.2) is 5.76 Å². The molecule has 4 rings (SSSR count). The van der Waals surface area contributed by atoms with Crippen molar-refractivity contribution in [2.45, 2.75) is 13.8 Å². The number of hydrogen-bond acceptors (Lipinski definition) is 5. The molecule has 0 aliphatic carbocycles. The van der Waals surface area contributed by atoms with Crippen molar-refractivity contribution in [2.75, 3.05) is 12.4 Å². The monoisotopic (exact) mass is 363 g/mol. The first-order valence-electron chi connectivity index (χ1n) is 8.39. The van der Waals surface area contributed by atoms with E-state index >= 15 is 0 Å². The summed E-state index contributed by atoms with van der Waals surface area (Å²) in [5.74, 6) is 0.541. The van der Waals surface area contributed by atoms with Crippen LogP contribution < -0.4 is 15.7 Å². The van der Waals surface area contributed by atoms with Gasteiger partial charge in [-0.3, -0.25) is 4.79 Å². The van der Waals surface area contributed by atoms with Gasteiger partial charge in [-0.1, -0.05) is 0 Å². The van der Waals surface area contributed by atoms with E-state index in [0.29, 0.717) is 22.6 Å². The summed E-state index contributed by atoms with van der Waals surface area (Å²) in [5.41, 5.74) is 2.66. The minimum absolute atomic E-state index is 0.226. The fourth-order valence-corrected chi connectivity index (χ4v) is 3.13. The first-order chi connectivity index (χ1) is 13.0. The number of aryl methyl sites for hydroxylation is 2. The number of carbonyl (C=O) groups excluding carboxylic acids is 1. The van der Waals surface area contributed by atoms with Gasteiger partial charge in [-0.25, -0.2) is 4.79 Å². The molecule has 0 spiro atoms. The van der Waals surface area contributed by atoms with Crippen molar-refractivity contribution in [1.29, 1.82) is 0 Å². The van der Waals surface area contributed by atoms with E-state index in [4.69, 9.17) is 13.6 Å². The van der Waals surface area contributed by atoms with E-state index in [1.54, 1.807) is 37.4 Å². The Labute approximate surface area is 154 Å². The fourth-order valence-electron chi connectivity index (χ4n) is 3.13. The SMILES string of the molecule is COc1ccc2oc(C(=O)Nc3ccc4c(C)cc(=O)oc4c3)c(C)c2c1. The maximum Gasteiger partial charge on any atom is 0.336 e. The van der Waals surface area contributed by atoms with Gasteiger partial charge in [0.1, 0.15) is 16.9 Å². The molecule has 4 aromatic rings. The van der Waals surface area contributed by atoms with Crippen LogP contribution in [0.5, 0.6) is 5.75 Å². The Hall–Kier alpha value is -3.54. The summed E-state index contributed by atoms with van der Waals surface area (Å²) < 4.78 is 16.2. The molecule has 6 nitrogen and oxygen atoms in total. The first kappa shape index (κ1) is 16.9. The lowest BCUT2D eigenvalue weighted by Gasteiger charge is -2.06. The zero-order valence-electron chi connectivity index (χ0n) is 15.1. The fraction of sp³-hybridized carbons (Fsp3) is 0.143. The molecule has 136 valence electrons. The van der Waals surface area contributed by atoms with Crippen LogP contribution in [0.25, 0.3) is 21.9 Å².